The Morgan fingerprint density at radius 1 is 1.10 bits per heavy atom. The number of amides is 1. The Morgan fingerprint density at radius 3 is 2.48 bits per heavy atom. The van der Waals surface area contributed by atoms with Gasteiger partial charge in [-0.15, -0.1) is 24.0 Å². The van der Waals surface area contributed by atoms with Crippen LogP contribution in [-0.4, -0.2) is 31.6 Å². The molecule has 4 N–H and O–H groups in total. The molecule has 6 nitrogen and oxygen atoms in total. The van der Waals surface area contributed by atoms with Gasteiger partial charge >= 0.3 is 0 Å². The number of halogens is 1. The summed E-state index contributed by atoms with van der Waals surface area (Å²) >= 11 is 0. The summed E-state index contributed by atoms with van der Waals surface area (Å²) in [5.74, 6) is 0.868. The highest BCUT2D eigenvalue weighted by molar-refractivity contribution is 14.0. The number of nitrogens with zero attached hydrogens (tertiary/aromatic N) is 1. The van der Waals surface area contributed by atoms with Crippen LogP contribution in [0, 0.1) is 0 Å². The highest BCUT2D eigenvalue weighted by atomic mass is 127. The number of nitrogens with two attached hydrogens (primary N) is 1. The fraction of sp³-hybridized carbons (Fsp3) is 0.364. The molecule has 0 aliphatic carbocycles. The van der Waals surface area contributed by atoms with Crippen LogP contribution in [0.25, 0.3) is 0 Å². The summed E-state index contributed by atoms with van der Waals surface area (Å²) in [6, 6.07) is 17.9. The molecule has 2 aromatic rings. The van der Waals surface area contributed by atoms with E-state index in [4.69, 9.17) is 10.5 Å². The molecule has 2 rings (SSSR count). The summed E-state index contributed by atoms with van der Waals surface area (Å²) in [5.41, 5.74) is 7.35. The van der Waals surface area contributed by atoms with Gasteiger partial charge in [0.05, 0.1) is 6.54 Å². The number of rotatable bonds is 9. The zero-order valence-electron chi connectivity index (χ0n) is 17.3. The Balaban J connectivity index is 0.00000420. The van der Waals surface area contributed by atoms with Crippen LogP contribution in [0.3, 0.4) is 0 Å². The van der Waals surface area contributed by atoms with E-state index in [0.29, 0.717) is 12.3 Å². The van der Waals surface area contributed by atoms with Crippen molar-refractivity contribution >= 4 is 35.8 Å². The number of primary amides is 1. The summed E-state index contributed by atoms with van der Waals surface area (Å²) in [6.45, 7) is 8.35. The maximum absolute atomic E-state index is 10.9. The van der Waals surface area contributed by atoms with E-state index in [9.17, 15) is 4.79 Å². The van der Waals surface area contributed by atoms with E-state index >= 15 is 0 Å². The number of aliphatic imine (C=N–C) groups is 1. The quantitative estimate of drug-likeness (QED) is 0.275. The molecule has 0 bridgehead atoms. The Morgan fingerprint density at radius 2 is 1.83 bits per heavy atom. The maximum atomic E-state index is 10.9. The van der Waals surface area contributed by atoms with Crippen molar-refractivity contribution in [1.29, 1.82) is 0 Å². The van der Waals surface area contributed by atoms with Gasteiger partial charge < -0.3 is 21.1 Å². The second-order valence-electron chi connectivity index (χ2n) is 7.20. The molecule has 0 saturated heterocycles. The van der Waals surface area contributed by atoms with Gasteiger partial charge in [-0.3, -0.25) is 4.79 Å². The molecule has 0 heterocycles. The Bertz CT molecular complexity index is 794. The number of benzene rings is 2. The third kappa shape index (κ3) is 8.72. The number of nitrogens with one attached hydrogen (secondary N) is 2. The van der Waals surface area contributed by atoms with Crippen molar-refractivity contribution in [3.63, 3.8) is 0 Å². The fourth-order valence-corrected chi connectivity index (χ4v) is 2.70. The van der Waals surface area contributed by atoms with Crippen molar-refractivity contribution in [3.05, 3.63) is 65.7 Å². The second kappa shape index (κ2) is 12.3. The molecule has 2 aromatic carbocycles. The number of hydrogen-bond acceptors (Lipinski definition) is 3. The Labute approximate surface area is 190 Å². The monoisotopic (exact) mass is 510 g/mol. The van der Waals surface area contributed by atoms with Crippen molar-refractivity contribution in [2.45, 2.75) is 32.7 Å². The average Bonchev–Trinajstić information content (AvgIpc) is 2.69. The van der Waals surface area contributed by atoms with Crippen LogP contribution in [0.15, 0.2) is 59.6 Å². The number of hydrogen-bond donors (Lipinski definition) is 3. The molecule has 29 heavy (non-hydrogen) atoms. The van der Waals surface area contributed by atoms with Crippen LogP contribution in [0.1, 0.15) is 31.9 Å². The molecule has 7 heteroatoms. The molecule has 0 unspecified atom stereocenters. The van der Waals surface area contributed by atoms with Gasteiger partial charge in [0.15, 0.2) is 12.6 Å². The number of carbonyl (C=O) groups is 1. The normalized spacial score (nSPS) is 11.3. The topological polar surface area (TPSA) is 88.7 Å². The zero-order valence-corrected chi connectivity index (χ0v) is 19.6. The summed E-state index contributed by atoms with van der Waals surface area (Å²) in [6.07, 6.45) is 0. The van der Waals surface area contributed by atoms with Gasteiger partial charge in [0.1, 0.15) is 5.75 Å². The van der Waals surface area contributed by atoms with Crippen LogP contribution in [0.2, 0.25) is 0 Å². The fourth-order valence-electron chi connectivity index (χ4n) is 2.70. The van der Waals surface area contributed by atoms with Crippen molar-refractivity contribution in [1.82, 2.24) is 10.6 Å². The molecule has 0 aromatic heterocycles. The average molecular weight is 510 g/mol. The molecular weight excluding hydrogens is 479 g/mol. The molecule has 158 valence electrons. The lowest BCUT2D eigenvalue weighted by Gasteiger charge is -2.26. The minimum Gasteiger partial charge on any atom is -0.484 e. The van der Waals surface area contributed by atoms with Crippen molar-refractivity contribution in [3.8, 4) is 5.75 Å². The van der Waals surface area contributed by atoms with E-state index in [1.807, 2.05) is 31.2 Å². The molecule has 0 saturated carbocycles. The van der Waals surface area contributed by atoms with E-state index in [-0.39, 0.29) is 36.0 Å². The smallest absolute Gasteiger partial charge is 0.255 e. The second-order valence-corrected chi connectivity index (χ2v) is 7.20. The van der Waals surface area contributed by atoms with Crippen LogP contribution in [0.5, 0.6) is 5.75 Å². The predicted octanol–water partition coefficient (Wildman–Crippen LogP) is 3.20. The van der Waals surface area contributed by atoms with Gasteiger partial charge in [-0.2, -0.15) is 0 Å². The first-order valence-corrected chi connectivity index (χ1v) is 9.48. The van der Waals surface area contributed by atoms with Crippen LogP contribution >= 0.6 is 24.0 Å². The van der Waals surface area contributed by atoms with E-state index in [1.165, 1.54) is 5.56 Å². The summed E-state index contributed by atoms with van der Waals surface area (Å²) in [4.78, 5) is 15.5. The van der Waals surface area contributed by atoms with Gasteiger partial charge in [0.2, 0.25) is 0 Å². The molecule has 0 radical (unpaired) electrons. The van der Waals surface area contributed by atoms with Crippen molar-refractivity contribution in [2.24, 2.45) is 10.7 Å². The van der Waals surface area contributed by atoms with E-state index in [2.05, 4.69) is 53.7 Å². The summed E-state index contributed by atoms with van der Waals surface area (Å²) in [7, 11) is 0. The minimum absolute atomic E-state index is 0. The summed E-state index contributed by atoms with van der Waals surface area (Å²) < 4.78 is 5.35. The number of carbonyl (C=O) groups excluding carboxylic acids is 1. The molecule has 0 atom stereocenters. The highest BCUT2D eigenvalue weighted by Gasteiger charge is 2.20. The molecule has 0 aliphatic heterocycles. The van der Waals surface area contributed by atoms with Crippen LogP contribution in [-0.2, 0) is 16.8 Å². The SMILES string of the molecule is CCNC(=NCc1cccc(OCC(N)=O)c1)NCC(C)(C)c1ccccc1.I. The van der Waals surface area contributed by atoms with Crippen molar-refractivity contribution < 1.29 is 9.53 Å². The predicted molar refractivity (Wildman–Crippen MR) is 129 cm³/mol. The van der Waals surface area contributed by atoms with E-state index in [1.54, 1.807) is 6.07 Å². The van der Waals surface area contributed by atoms with E-state index < -0.39 is 5.91 Å². The lowest BCUT2D eigenvalue weighted by molar-refractivity contribution is -0.119. The van der Waals surface area contributed by atoms with Gasteiger partial charge in [-0.1, -0.05) is 56.3 Å². The summed E-state index contributed by atoms with van der Waals surface area (Å²) in [5, 5.41) is 6.71. The van der Waals surface area contributed by atoms with Gasteiger partial charge in [0.25, 0.3) is 5.91 Å². The largest absolute Gasteiger partial charge is 0.484 e. The van der Waals surface area contributed by atoms with Gasteiger partial charge in [0, 0.05) is 18.5 Å². The van der Waals surface area contributed by atoms with Crippen LogP contribution < -0.4 is 21.1 Å². The Kier molecular flexibility index (Phi) is 10.5. The first-order chi connectivity index (χ1) is 13.4. The van der Waals surface area contributed by atoms with Gasteiger partial charge in [-0.25, -0.2) is 4.99 Å². The molecule has 1 amide bonds. The highest BCUT2D eigenvalue weighted by Crippen LogP contribution is 2.21. The Hall–Kier alpha value is -2.29. The maximum Gasteiger partial charge on any atom is 0.255 e. The minimum atomic E-state index is -0.497. The zero-order chi connectivity index (χ0) is 20.4. The third-order valence-electron chi connectivity index (χ3n) is 4.30. The van der Waals surface area contributed by atoms with Gasteiger partial charge in [-0.05, 0) is 30.2 Å². The standard InChI is InChI=1S/C22H30N4O2.HI/c1-4-24-21(26-16-22(2,3)18-10-6-5-7-11-18)25-14-17-9-8-12-19(13-17)28-15-20(23)27;/h5-13H,4,14-16H2,1-3H3,(H2,23,27)(H2,24,25,26);1H. The lowest BCUT2D eigenvalue weighted by Crippen LogP contribution is -2.43. The van der Waals surface area contributed by atoms with Crippen LogP contribution in [0.4, 0.5) is 0 Å². The molecular formula is C22H31IN4O2. The first kappa shape index (κ1) is 24.7. The van der Waals surface area contributed by atoms with Crippen molar-refractivity contribution in [2.75, 3.05) is 19.7 Å². The third-order valence-corrected chi connectivity index (χ3v) is 4.30. The first-order valence-electron chi connectivity index (χ1n) is 9.48. The molecule has 0 spiro atoms. The molecule has 0 aliphatic rings. The number of ether oxygens (including phenoxy) is 1. The van der Waals surface area contributed by atoms with E-state index in [0.717, 1.165) is 24.6 Å². The molecule has 0 fully saturated rings. The number of guanidine groups is 1. The lowest BCUT2D eigenvalue weighted by atomic mass is 9.85.